The zero-order valence-corrected chi connectivity index (χ0v) is 23.6. The highest BCUT2D eigenvalue weighted by molar-refractivity contribution is 6.30. The Labute approximate surface area is 242 Å². The molecule has 41 heavy (non-hydrogen) atoms. The Bertz CT molecular complexity index is 1290. The van der Waals surface area contributed by atoms with Gasteiger partial charge in [-0.2, -0.15) is 17.6 Å². The Balaban J connectivity index is 1.74. The normalized spacial score (nSPS) is 16.4. The molecule has 1 fully saturated rings. The van der Waals surface area contributed by atoms with Crippen molar-refractivity contribution in [2.45, 2.75) is 63.3 Å². The quantitative estimate of drug-likeness (QED) is 0.259. The van der Waals surface area contributed by atoms with Crippen LogP contribution in [0.25, 0.3) is 0 Å². The Hall–Kier alpha value is -3.37. The molecule has 1 aromatic heterocycles. The predicted molar refractivity (Wildman–Crippen MR) is 150 cm³/mol. The van der Waals surface area contributed by atoms with Crippen LogP contribution in [0.3, 0.4) is 0 Å². The molecule has 2 aromatic carbocycles. The maximum absolute atomic E-state index is 13.8. The Morgan fingerprint density at radius 2 is 1.78 bits per heavy atom. The summed E-state index contributed by atoms with van der Waals surface area (Å²) < 4.78 is 57.9. The van der Waals surface area contributed by atoms with Crippen LogP contribution in [0.4, 0.5) is 22.4 Å². The van der Waals surface area contributed by atoms with E-state index in [1.807, 2.05) is 30.3 Å². The first kappa shape index (κ1) is 30.6. The number of carbonyl (C=O) groups excluding carboxylic acids is 1. The highest BCUT2D eigenvalue weighted by Gasteiger charge is 2.45. The van der Waals surface area contributed by atoms with Gasteiger partial charge in [0.1, 0.15) is 11.3 Å². The van der Waals surface area contributed by atoms with E-state index in [2.05, 4.69) is 39.1 Å². The van der Waals surface area contributed by atoms with E-state index in [-0.39, 0.29) is 12.5 Å². The number of nitrogens with one attached hydrogen (secondary N) is 2. The van der Waals surface area contributed by atoms with Gasteiger partial charge in [0.2, 0.25) is 0 Å². The van der Waals surface area contributed by atoms with Gasteiger partial charge in [0, 0.05) is 37.8 Å². The average molecular weight is 593 g/mol. The molecule has 0 aliphatic carbocycles. The lowest BCUT2D eigenvalue weighted by Gasteiger charge is -2.38. The van der Waals surface area contributed by atoms with Crippen LogP contribution in [0, 0.1) is 0 Å². The minimum absolute atomic E-state index is 0.0722. The van der Waals surface area contributed by atoms with Gasteiger partial charge in [-0.05, 0) is 62.1 Å². The number of carbonyl (C=O) groups is 1. The van der Waals surface area contributed by atoms with Crippen LogP contribution >= 0.6 is 11.6 Å². The number of pyridine rings is 1. The van der Waals surface area contributed by atoms with Crippen molar-refractivity contribution in [3.05, 3.63) is 94.8 Å². The van der Waals surface area contributed by atoms with Crippen molar-refractivity contribution in [1.29, 1.82) is 0 Å². The molecule has 1 atom stereocenters. The van der Waals surface area contributed by atoms with Gasteiger partial charge < -0.3 is 20.3 Å². The third-order valence-electron chi connectivity index (χ3n) is 7.23. The lowest BCUT2D eigenvalue weighted by Crippen LogP contribution is -2.56. The molecule has 6 nitrogen and oxygen atoms in total. The Kier molecular flexibility index (Phi) is 9.76. The molecule has 0 saturated carbocycles. The van der Waals surface area contributed by atoms with Crippen molar-refractivity contribution in [2.75, 3.05) is 13.1 Å². The highest BCUT2D eigenvalue weighted by atomic mass is 35.5. The molecule has 2 N–H and O–H groups in total. The fourth-order valence-corrected chi connectivity index (χ4v) is 5.17. The number of aromatic nitrogens is 1. The van der Waals surface area contributed by atoms with Gasteiger partial charge in [0.05, 0.1) is 10.7 Å². The van der Waals surface area contributed by atoms with Gasteiger partial charge in [-0.25, -0.2) is 4.79 Å². The predicted octanol–water partition coefficient (Wildman–Crippen LogP) is 6.63. The summed E-state index contributed by atoms with van der Waals surface area (Å²) in [6, 6.07) is 17.7. The van der Waals surface area contributed by atoms with E-state index in [0.29, 0.717) is 22.3 Å². The first-order valence-electron chi connectivity index (χ1n) is 13.4. The van der Waals surface area contributed by atoms with Gasteiger partial charge in [-0.3, -0.25) is 4.98 Å². The van der Waals surface area contributed by atoms with Crippen LogP contribution in [0.5, 0.6) is 5.75 Å². The van der Waals surface area contributed by atoms with Crippen LogP contribution in [-0.2, 0) is 12.0 Å². The van der Waals surface area contributed by atoms with E-state index >= 15 is 0 Å². The number of amides is 2. The maximum Gasteiger partial charge on any atom is 0.461 e. The van der Waals surface area contributed by atoms with E-state index in [9.17, 15) is 22.4 Å². The second-order valence-corrected chi connectivity index (χ2v) is 10.9. The lowest BCUT2D eigenvalue weighted by atomic mass is 9.80. The SMILES string of the molecule is CC(C)N1CCC(NC(=O)N[C@@](Cc2ccccc2)(c2cccc(OC(F)(F)C(F)F)c2)c2ccc(Cl)cn2)CC1. The smallest absolute Gasteiger partial charge is 0.428 e. The number of benzene rings is 2. The summed E-state index contributed by atoms with van der Waals surface area (Å²) in [5, 5.41) is 6.48. The monoisotopic (exact) mass is 592 g/mol. The van der Waals surface area contributed by atoms with Crippen molar-refractivity contribution in [3.63, 3.8) is 0 Å². The van der Waals surface area contributed by atoms with Crippen molar-refractivity contribution in [1.82, 2.24) is 20.5 Å². The zero-order chi connectivity index (χ0) is 29.6. The molecule has 1 aliphatic heterocycles. The number of urea groups is 1. The molecule has 4 rings (SSSR count). The van der Waals surface area contributed by atoms with E-state index in [1.54, 1.807) is 18.2 Å². The number of hydrogen-bond donors (Lipinski definition) is 2. The second-order valence-electron chi connectivity index (χ2n) is 10.4. The summed E-state index contributed by atoms with van der Waals surface area (Å²) in [5.74, 6) is -0.484. The summed E-state index contributed by atoms with van der Waals surface area (Å²) in [6.45, 7) is 5.95. The van der Waals surface area contributed by atoms with Crippen LogP contribution < -0.4 is 15.4 Å². The largest absolute Gasteiger partial charge is 0.461 e. The molecule has 3 aromatic rings. The van der Waals surface area contributed by atoms with Crippen molar-refractivity contribution >= 4 is 17.6 Å². The molecule has 220 valence electrons. The number of hydrogen-bond acceptors (Lipinski definition) is 4. The molecular weight excluding hydrogens is 560 g/mol. The number of alkyl halides is 4. The van der Waals surface area contributed by atoms with Crippen molar-refractivity contribution in [2.24, 2.45) is 0 Å². The van der Waals surface area contributed by atoms with Gasteiger partial charge in [-0.1, -0.05) is 54.1 Å². The van der Waals surface area contributed by atoms with Crippen LogP contribution in [-0.4, -0.2) is 53.6 Å². The third-order valence-corrected chi connectivity index (χ3v) is 7.46. The van der Waals surface area contributed by atoms with Crippen molar-refractivity contribution < 1.29 is 27.1 Å². The molecule has 11 heteroatoms. The maximum atomic E-state index is 13.8. The zero-order valence-electron chi connectivity index (χ0n) is 22.8. The molecule has 0 bridgehead atoms. The molecule has 2 amide bonds. The standard InChI is InChI=1S/C30H33ClF4N4O2/c1-20(2)39-15-13-24(14-16-39)37-28(40)38-29(18-21-7-4-3-5-8-21,26-12-11-23(31)19-36-26)22-9-6-10-25(17-22)41-30(34,35)27(32)33/h3-12,17,19-20,24,27H,13-16,18H2,1-2H3,(H2,37,38,40)/t29-/m0/s1. The van der Waals surface area contributed by atoms with Gasteiger partial charge in [0.25, 0.3) is 0 Å². The molecular formula is C30H33ClF4N4O2. The first-order chi connectivity index (χ1) is 19.5. The van der Waals surface area contributed by atoms with Crippen molar-refractivity contribution in [3.8, 4) is 5.75 Å². The summed E-state index contributed by atoms with van der Waals surface area (Å²) in [5.41, 5.74) is 0.0737. The molecule has 0 spiro atoms. The van der Waals surface area contributed by atoms with Gasteiger partial charge in [-0.15, -0.1) is 0 Å². The van der Waals surface area contributed by atoms with Crippen LogP contribution in [0.15, 0.2) is 72.9 Å². The summed E-state index contributed by atoms with van der Waals surface area (Å²) in [6.07, 6.45) is -5.61. The molecule has 1 aliphatic rings. The van der Waals surface area contributed by atoms with E-state index in [1.165, 1.54) is 18.3 Å². The number of likely N-dealkylation sites (tertiary alicyclic amines) is 1. The number of nitrogens with zero attached hydrogens (tertiary/aromatic N) is 2. The average Bonchev–Trinajstić information content (AvgIpc) is 2.93. The molecule has 0 radical (unpaired) electrons. The molecule has 0 unspecified atom stereocenters. The fraction of sp³-hybridized carbons (Fsp3) is 0.400. The van der Waals surface area contributed by atoms with Crippen LogP contribution in [0.2, 0.25) is 5.02 Å². The minimum atomic E-state index is -4.70. The Morgan fingerprint density at radius 1 is 1.07 bits per heavy atom. The van der Waals surface area contributed by atoms with Gasteiger partial charge >= 0.3 is 18.6 Å². The topological polar surface area (TPSA) is 66.5 Å². The third kappa shape index (κ3) is 7.68. The number of halogens is 5. The summed E-state index contributed by atoms with van der Waals surface area (Å²) in [7, 11) is 0. The fourth-order valence-electron chi connectivity index (χ4n) is 5.05. The van der Waals surface area contributed by atoms with Gasteiger partial charge in [0.15, 0.2) is 0 Å². The molecule has 1 saturated heterocycles. The van der Waals surface area contributed by atoms with Crippen LogP contribution in [0.1, 0.15) is 43.5 Å². The first-order valence-corrected chi connectivity index (χ1v) is 13.8. The second kappa shape index (κ2) is 13.1. The minimum Gasteiger partial charge on any atom is -0.428 e. The van der Waals surface area contributed by atoms with E-state index < -0.39 is 29.9 Å². The number of piperidine rings is 1. The Morgan fingerprint density at radius 3 is 2.39 bits per heavy atom. The van der Waals surface area contributed by atoms with E-state index in [4.69, 9.17) is 11.6 Å². The number of rotatable bonds is 10. The summed E-state index contributed by atoms with van der Waals surface area (Å²) in [4.78, 5) is 20.4. The van der Waals surface area contributed by atoms with E-state index in [0.717, 1.165) is 37.6 Å². The lowest BCUT2D eigenvalue weighted by molar-refractivity contribution is -0.253. The number of ether oxygens (including phenoxy) is 1. The summed E-state index contributed by atoms with van der Waals surface area (Å²) >= 11 is 6.12. The molecule has 2 heterocycles. The highest BCUT2D eigenvalue weighted by Crippen LogP contribution is 2.36.